The molecule has 3 saturated heterocycles. The van der Waals surface area contributed by atoms with Crippen LogP contribution in [0.5, 0.6) is 0 Å². The maximum Gasteiger partial charge on any atom is 0.233 e. The number of carbonyl (C=O) groups is 1. The summed E-state index contributed by atoms with van der Waals surface area (Å²) in [5.41, 5.74) is 3.38. The number of amides is 1. The average molecular weight is 455 g/mol. The van der Waals surface area contributed by atoms with Crippen molar-refractivity contribution in [3.8, 4) is 0 Å². The Morgan fingerprint density at radius 1 is 1.06 bits per heavy atom. The van der Waals surface area contributed by atoms with Crippen molar-refractivity contribution in [1.29, 1.82) is 0 Å². The van der Waals surface area contributed by atoms with E-state index < -0.39 is 5.41 Å². The molecular weight excluding hydrogens is 420 g/mol. The standard InChI is InChI=1S/C30H34N2O2/c1-21-4-2-7-25(16-21)30(11-14-34-15-12-30)29(33)32-26-8-9-27(32)19-22(18-26)17-24-6-3-5-23-10-13-31-20-28(23)24/h2-7,10,13,16,20,22,26-27H,8-9,11-12,14-15,17-19H2,1H3. The summed E-state index contributed by atoms with van der Waals surface area (Å²) in [7, 11) is 0. The third kappa shape index (κ3) is 3.73. The van der Waals surface area contributed by atoms with Gasteiger partial charge in [0, 0.05) is 43.1 Å². The highest BCUT2D eigenvalue weighted by atomic mass is 16.5. The zero-order valence-electron chi connectivity index (χ0n) is 20.1. The summed E-state index contributed by atoms with van der Waals surface area (Å²) >= 11 is 0. The fraction of sp³-hybridized carbons (Fsp3) is 0.467. The molecule has 4 nitrogen and oxygen atoms in total. The van der Waals surface area contributed by atoms with Crippen molar-refractivity contribution in [3.63, 3.8) is 0 Å². The molecule has 3 fully saturated rings. The van der Waals surface area contributed by atoms with Gasteiger partial charge in [-0.2, -0.15) is 0 Å². The number of benzene rings is 2. The third-order valence-corrected chi connectivity index (χ3v) is 8.67. The zero-order valence-corrected chi connectivity index (χ0v) is 20.1. The summed E-state index contributed by atoms with van der Waals surface area (Å²) in [5.74, 6) is 0.985. The van der Waals surface area contributed by atoms with Gasteiger partial charge >= 0.3 is 0 Å². The van der Waals surface area contributed by atoms with Crippen LogP contribution < -0.4 is 0 Å². The van der Waals surface area contributed by atoms with Crippen LogP contribution in [-0.2, 0) is 21.4 Å². The quantitative estimate of drug-likeness (QED) is 0.515. The van der Waals surface area contributed by atoms with Gasteiger partial charge in [-0.05, 0) is 80.4 Å². The van der Waals surface area contributed by atoms with Crippen molar-refractivity contribution in [2.24, 2.45) is 5.92 Å². The van der Waals surface area contributed by atoms with Crippen molar-refractivity contribution in [2.75, 3.05) is 13.2 Å². The molecule has 34 heavy (non-hydrogen) atoms. The smallest absolute Gasteiger partial charge is 0.233 e. The van der Waals surface area contributed by atoms with Crippen molar-refractivity contribution < 1.29 is 9.53 Å². The molecule has 4 heteroatoms. The summed E-state index contributed by atoms with van der Waals surface area (Å²) in [4.78, 5) is 21.1. The van der Waals surface area contributed by atoms with Crippen molar-refractivity contribution in [2.45, 2.75) is 69.4 Å². The largest absolute Gasteiger partial charge is 0.381 e. The van der Waals surface area contributed by atoms with E-state index in [0.717, 1.165) is 44.9 Å². The van der Waals surface area contributed by atoms with Crippen molar-refractivity contribution in [3.05, 3.63) is 77.6 Å². The van der Waals surface area contributed by atoms with Crippen molar-refractivity contribution in [1.82, 2.24) is 9.88 Å². The first kappa shape index (κ1) is 21.8. The van der Waals surface area contributed by atoms with Gasteiger partial charge in [0.2, 0.25) is 5.91 Å². The fourth-order valence-electron chi connectivity index (χ4n) is 6.99. The number of rotatable bonds is 4. The second kappa shape index (κ2) is 8.81. The van der Waals surface area contributed by atoms with Crippen LogP contribution in [0.1, 0.15) is 55.2 Å². The summed E-state index contributed by atoms with van der Waals surface area (Å²) in [5, 5.41) is 2.54. The second-order valence-electron chi connectivity index (χ2n) is 10.7. The van der Waals surface area contributed by atoms with Crippen LogP contribution in [0, 0.1) is 12.8 Å². The van der Waals surface area contributed by atoms with Crippen LogP contribution in [0.25, 0.3) is 10.8 Å². The van der Waals surface area contributed by atoms with Gasteiger partial charge in [0.15, 0.2) is 0 Å². The molecule has 2 atom stereocenters. The molecule has 1 aromatic heterocycles. The SMILES string of the molecule is Cc1cccc(C2(C(=O)N3C4CCC3CC(Cc3cccc5ccncc35)C4)CCOCC2)c1. The van der Waals surface area contributed by atoms with E-state index in [2.05, 4.69) is 65.3 Å². The summed E-state index contributed by atoms with van der Waals surface area (Å²) in [6.45, 7) is 3.46. The lowest BCUT2D eigenvalue weighted by Gasteiger charge is -2.46. The molecule has 6 rings (SSSR count). The predicted molar refractivity (Wildman–Crippen MR) is 135 cm³/mol. The maximum atomic E-state index is 14.3. The van der Waals surface area contributed by atoms with E-state index in [1.54, 1.807) is 0 Å². The minimum absolute atomic E-state index is 0.363. The Labute approximate surface area is 202 Å². The van der Waals surface area contributed by atoms with Crippen LogP contribution in [0.2, 0.25) is 0 Å². The van der Waals surface area contributed by atoms with Gasteiger partial charge in [-0.3, -0.25) is 9.78 Å². The number of piperidine rings is 1. The van der Waals surface area contributed by atoms with E-state index in [9.17, 15) is 4.79 Å². The van der Waals surface area contributed by atoms with E-state index in [1.165, 1.54) is 27.5 Å². The number of fused-ring (bicyclic) bond motifs is 3. The minimum atomic E-state index is -0.431. The molecule has 3 aliphatic heterocycles. The normalized spacial score (nSPS) is 26.0. The Hall–Kier alpha value is -2.72. The number of hydrogen-bond acceptors (Lipinski definition) is 3. The topological polar surface area (TPSA) is 42.4 Å². The fourth-order valence-corrected chi connectivity index (χ4v) is 6.99. The van der Waals surface area contributed by atoms with E-state index >= 15 is 0 Å². The number of aromatic nitrogens is 1. The molecule has 0 aliphatic carbocycles. The molecule has 3 aliphatic rings. The minimum Gasteiger partial charge on any atom is -0.381 e. The maximum absolute atomic E-state index is 14.3. The highest BCUT2D eigenvalue weighted by Crippen LogP contribution is 2.45. The number of carbonyl (C=O) groups excluding carboxylic acids is 1. The number of hydrogen-bond donors (Lipinski definition) is 0. The van der Waals surface area contributed by atoms with Crippen molar-refractivity contribution >= 4 is 16.7 Å². The van der Waals surface area contributed by atoms with Gasteiger partial charge in [0.05, 0.1) is 5.41 Å². The van der Waals surface area contributed by atoms with Crippen LogP contribution in [0.4, 0.5) is 0 Å². The number of ether oxygens (including phenoxy) is 1. The molecule has 2 aromatic carbocycles. The van der Waals surface area contributed by atoms with E-state index in [-0.39, 0.29) is 0 Å². The third-order valence-electron chi connectivity index (χ3n) is 8.67. The molecule has 4 heterocycles. The van der Waals surface area contributed by atoms with Gasteiger partial charge in [0.1, 0.15) is 0 Å². The Bertz CT molecular complexity index is 1180. The van der Waals surface area contributed by atoms with Gasteiger partial charge < -0.3 is 9.64 Å². The van der Waals surface area contributed by atoms with Crippen LogP contribution in [0.3, 0.4) is 0 Å². The van der Waals surface area contributed by atoms with Gasteiger partial charge in [-0.15, -0.1) is 0 Å². The monoisotopic (exact) mass is 454 g/mol. The molecule has 176 valence electrons. The van der Waals surface area contributed by atoms with Crippen LogP contribution >= 0.6 is 0 Å². The number of nitrogens with zero attached hydrogens (tertiary/aromatic N) is 2. The summed E-state index contributed by atoms with van der Waals surface area (Å²) in [6.07, 6.45) is 11.0. The Morgan fingerprint density at radius 3 is 2.59 bits per heavy atom. The molecule has 0 spiro atoms. The molecule has 0 N–H and O–H groups in total. The highest BCUT2D eigenvalue weighted by molar-refractivity contribution is 5.89. The molecule has 1 amide bonds. The summed E-state index contributed by atoms with van der Waals surface area (Å²) in [6, 6.07) is 18.1. The Kier molecular flexibility index (Phi) is 5.65. The first-order valence-electron chi connectivity index (χ1n) is 12.9. The predicted octanol–water partition coefficient (Wildman–Crippen LogP) is 5.60. The van der Waals surface area contributed by atoms with Crippen LogP contribution in [0.15, 0.2) is 60.9 Å². The van der Waals surface area contributed by atoms with Crippen LogP contribution in [-0.4, -0.2) is 41.1 Å². The Morgan fingerprint density at radius 2 is 1.82 bits per heavy atom. The number of pyridine rings is 1. The lowest BCUT2D eigenvalue weighted by molar-refractivity contribution is -0.146. The lowest BCUT2D eigenvalue weighted by Crippen LogP contribution is -2.56. The zero-order chi connectivity index (χ0) is 23.1. The van der Waals surface area contributed by atoms with E-state index in [0.29, 0.717) is 37.1 Å². The van der Waals surface area contributed by atoms with E-state index in [4.69, 9.17) is 4.74 Å². The van der Waals surface area contributed by atoms with Gasteiger partial charge in [-0.1, -0.05) is 48.0 Å². The van der Waals surface area contributed by atoms with Gasteiger partial charge in [0.25, 0.3) is 0 Å². The molecule has 0 saturated carbocycles. The molecule has 2 unspecified atom stereocenters. The average Bonchev–Trinajstić information content (AvgIpc) is 3.14. The van der Waals surface area contributed by atoms with E-state index in [1.807, 2.05) is 12.4 Å². The number of aryl methyl sites for hydroxylation is 1. The summed E-state index contributed by atoms with van der Waals surface area (Å²) < 4.78 is 5.73. The molecule has 2 bridgehead atoms. The molecule has 3 aromatic rings. The molecular formula is C30H34N2O2. The Balaban J connectivity index is 1.25. The first-order valence-corrected chi connectivity index (χ1v) is 12.9. The highest BCUT2D eigenvalue weighted by Gasteiger charge is 2.51. The van der Waals surface area contributed by atoms with Gasteiger partial charge in [-0.25, -0.2) is 0 Å². The first-order chi connectivity index (χ1) is 16.6. The second-order valence-corrected chi connectivity index (χ2v) is 10.7. The lowest BCUT2D eigenvalue weighted by atomic mass is 9.71. The molecule has 0 radical (unpaired) electrons.